The number of ketones is 1. The Morgan fingerprint density at radius 1 is 1.39 bits per heavy atom. The summed E-state index contributed by atoms with van der Waals surface area (Å²) in [5, 5.41) is 9.89. The predicted molar refractivity (Wildman–Crippen MR) is 89.7 cm³/mol. The van der Waals surface area contributed by atoms with Gasteiger partial charge in [0, 0.05) is 6.42 Å². The third-order valence-electron chi connectivity index (χ3n) is 4.08. The number of hydrogen-bond acceptors (Lipinski definition) is 6. The average Bonchev–Trinajstić information content (AvgIpc) is 2.57. The predicted octanol–water partition coefficient (Wildman–Crippen LogP) is 2.04. The lowest BCUT2D eigenvalue weighted by Gasteiger charge is -2.44. The third-order valence-corrected chi connectivity index (χ3v) is 5.09. The Morgan fingerprint density at radius 3 is 2.65 bits per heavy atom. The summed E-state index contributed by atoms with van der Waals surface area (Å²) >= 11 is 1.60. The highest BCUT2D eigenvalue weighted by Crippen LogP contribution is 2.31. The first-order valence-electron chi connectivity index (χ1n) is 7.76. The normalized spacial score (nSPS) is 22.2. The quantitative estimate of drug-likeness (QED) is 0.578. The lowest BCUT2D eigenvalue weighted by atomic mass is 9.99. The number of aliphatic hydroxyl groups is 1. The van der Waals surface area contributed by atoms with Crippen LogP contribution in [0.15, 0.2) is 30.3 Å². The van der Waals surface area contributed by atoms with Crippen LogP contribution in [0.5, 0.6) is 0 Å². The molecule has 1 aromatic rings. The highest BCUT2D eigenvalue weighted by Gasteiger charge is 2.39. The summed E-state index contributed by atoms with van der Waals surface area (Å²) in [5.74, 6) is -1.45. The highest BCUT2D eigenvalue weighted by molar-refractivity contribution is 7.99. The summed E-state index contributed by atoms with van der Waals surface area (Å²) in [6.07, 6.45) is 2.41. The Bertz CT molecular complexity index is 537. The minimum Gasteiger partial charge on any atom is -0.460 e. The number of Topliss-reactive ketones (excluding diaryl/α,β-unsaturated/α-hetero) is 1. The summed E-state index contributed by atoms with van der Waals surface area (Å²) in [7, 11) is 0. The summed E-state index contributed by atoms with van der Waals surface area (Å²) in [6, 6.07) is 9.38. The van der Waals surface area contributed by atoms with Gasteiger partial charge in [-0.2, -0.15) is 0 Å². The molecule has 1 heterocycles. The fourth-order valence-electron chi connectivity index (χ4n) is 2.59. The number of nitrogens with zero attached hydrogens (tertiary/aromatic N) is 1. The highest BCUT2D eigenvalue weighted by atomic mass is 32.2. The molecule has 6 heteroatoms. The van der Waals surface area contributed by atoms with E-state index in [1.165, 1.54) is 0 Å². The molecule has 1 aliphatic heterocycles. The van der Waals surface area contributed by atoms with Crippen LogP contribution in [0.25, 0.3) is 0 Å². The van der Waals surface area contributed by atoms with Gasteiger partial charge >= 0.3 is 5.97 Å². The van der Waals surface area contributed by atoms with Gasteiger partial charge in [-0.1, -0.05) is 37.3 Å². The zero-order valence-corrected chi connectivity index (χ0v) is 14.3. The van der Waals surface area contributed by atoms with Crippen molar-refractivity contribution in [2.24, 2.45) is 5.92 Å². The fourth-order valence-corrected chi connectivity index (χ4v) is 3.44. The third kappa shape index (κ3) is 4.56. The fraction of sp³-hybridized carbons (Fsp3) is 0.529. The smallest absolute Gasteiger partial charge is 0.316 e. The van der Waals surface area contributed by atoms with Gasteiger partial charge in [0.15, 0.2) is 5.78 Å². The van der Waals surface area contributed by atoms with Crippen molar-refractivity contribution in [3.05, 3.63) is 35.9 Å². The van der Waals surface area contributed by atoms with Crippen LogP contribution in [-0.2, 0) is 20.9 Å². The second-order valence-corrected chi connectivity index (χ2v) is 6.62. The molecule has 126 valence electrons. The first-order chi connectivity index (χ1) is 11.1. The van der Waals surface area contributed by atoms with Gasteiger partial charge in [0.1, 0.15) is 18.8 Å². The van der Waals surface area contributed by atoms with Gasteiger partial charge in [0.05, 0.1) is 11.9 Å². The molecule has 0 radical (unpaired) electrons. The molecule has 2 rings (SSSR count). The van der Waals surface area contributed by atoms with E-state index in [-0.39, 0.29) is 24.3 Å². The van der Waals surface area contributed by atoms with Crippen LogP contribution >= 0.6 is 11.8 Å². The van der Waals surface area contributed by atoms with Gasteiger partial charge in [-0.15, -0.1) is 11.8 Å². The Balaban J connectivity index is 1.87. The largest absolute Gasteiger partial charge is 0.460 e. The molecule has 1 aliphatic rings. The number of aliphatic hydroxyl groups excluding tert-OH is 1. The molecule has 0 aliphatic carbocycles. The van der Waals surface area contributed by atoms with E-state index in [2.05, 4.69) is 0 Å². The molecule has 23 heavy (non-hydrogen) atoms. The van der Waals surface area contributed by atoms with E-state index in [0.717, 1.165) is 5.56 Å². The van der Waals surface area contributed by atoms with E-state index in [9.17, 15) is 14.7 Å². The maximum absolute atomic E-state index is 12.4. The summed E-state index contributed by atoms with van der Waals surface area (Å²) in [5.41, 5.74) is 0.892. The number of benzene rings is 1. The summed E-state index contributed by atoms with van der Waals surface area (Å²) in [4.78, 5) is 26.3. The molecule has 0 amide bonds. The van der Waals surface area contributed by atoms with E-state index < -0.39 is 18.1 Å². The number of hydrogen-bond donors (Lipinski definition) is 1. The number of esters is 1. The van der Waals surface area contributed by atoms with Gasteiger partial charge in [-0.05, 0) is 18.2 Å². The standard InChI is InChI=1S/C17H23NO4S/c1-3-13(14(19)10-18-15(20)9-16(18)23-2)17(21)22-11-12-7-5-4-6-8-12/h4-8,13,15-16,20H,3,9-11H2,1-2H3. The number of thioether (sulfide) groups is 1. The molecule has 1 saturated heterocycles. The van der Waals surface area contributed by atoms with E-state index >= 15 is 0 Å². The maximum atomic E-state index is 12.4. The van der Waals surface area contributed by atoms with Gasteiger partial charge in [-0.25, -0.2) is 0 Å². The van der Waals surface area contributed by atoms with Crippen molar-refractivity contribution in [1.29, 1.82) is 0 Å². The number of carbonyl (C=O) groups excluding carboxylic acids is 2. The van der Waals surface area contributed by atoms with Crippen molar-refractivity contribution in [2.75, 3.05) is 12.8 Å². The summed E-state index contributed by atoms with van der Waals surface area (Å²) < 4.78 is 5.27. The van der Waals surface area contributed by atoms with Gasteiger partial charge in [0.25, 0.3) is 0 Å². The monoisotopic (exact) mass is 337 g/mol. The van der Waals surface area contributed by atoms with Crippen molar-refractivity contribution < 1.29 is 19.4 Å². The molecule has 0 bridgehead atoms. The minimum absolute atomic E-state index is 0.0889. The van der Waals surface area contributed by atoms with E-state index in [4.69, 9.17) is 4.74 Å². The number of likely N-dealkylation sites (tertiary alicyclic amines) is 1. The maximum Gasteiger partial charge on any atom is 0.316 e. The number of ether oxygens (including phenoxy) is 1. The molecular weight excluding hydrogens is 314 g/mol. The van der Waals surface area contributed by atoms with E-state index in [1.54, 1.807) is 23.6 Å². The van der Waals surface area contributed by atoms with Crippen LogP contribution < -0.4 is 0 Å². The van der Waals surface area contributed by atoms with Crippen molar-refractivity contribution in [1.82, 2.24) is 4.90 Å². The topological polar surface area (TPSA) is 66.8 Å². The van der Waals surface area contributed by atoms with Crippen LogP contribution in [0.2, 0.25) is 0 Å². The molecule has 0 aromatic heterocycles. The molecule has 3 atom stereocenters. The number of carbonyl (C=O) groups is 2. The zero-order chi connectivity index (χ0) is 16.8. The average molecular weight is 337 g/mol. The van der Waals surface area contributed by atoms with Gasteiger partial charge in [-0.3, -0.25) is 14.5 Å². The molecular formula is C17H23NO4S. The van der Waals surface area contributed by atoms with Gasteiger partial charge in [0.2, 0.25) is 0 Å². The van der Waals surface area contributed by atoms with Crippen LogP contribution in [0.3, 0.4) is 0 Å². The molecule has 1 fully saturated rings. The van der Waals surface area contributed by atoms with Crippen molar-refractivity contribution >= 4 is 23.5 Å². The first kappa shape index (κ1) is 18.0. The molecule has 0 saturated carbocycles. The molecule has 1 aromatic carbocycles. The molecule has 5 nitrogen and oxygen atoms in total. The Kier molecular flexibility index (Phi) is 6.62. The van der Waals surface area contributed by atoms with Crippen LogP contribution in [0.4, 0.5) is 0 Å². The van der Waals surface area contributed by atoms with Crippen LogP contribution in [-0.4, -0.2) is 46.2 Å². The lowest BCUT2D eigenvalue weighted by Crippen LogP contribution is -2.56. The SMILES string of the molecule is CCC(C(=O)CN1C(O)CC1SC)C(=O)OCc1ccccc1. The number of rotatable bonds is 8. The van der Waals surface area contributed by atoms with Gasteiger partial charge < -0.3 is 9.84 Å². The van der Waals surface area contributed by atoms with Crippen molar-refractivity contribution in [3.63, 3.8) is 0 Å². The minimum atomic E-state index is -0.769. The molecule has 0 spiro atoms. The van der Waals surface area contributed by atoms with Crippen molar-refractivity contribution in [3.8, 4) is 0 Å². The first-order valence-corrected chi connectivity index (χ1v) is 9.05. The van der Waals surface area contributed by atoms with E-state index in [1.807, 2.05) is 36.6 Å². The Labute approximate surface area is 141 Å². The Morgan fingerprint density at radius 2 is 2.09 bits per heavy atom. The second-order valence-electron chi connectivity index (χ2n) is 5.60. The van der Waals surface area contributed by atoms with E-state index in [0.29, 0.717) is 12.8 Å². The second kappa shape index (κ2) is 8.47. The molecule has 1 N–H and O–H groups in total. The molecule has 3 unspecified atom stereocenters. The lowest BCUT2D eigenvalue weighted by molar-refractivity contribution is -0.156. The van der Waals surface area contributed by atoms with Crippen LogP contribution in [0.1, 0.15) is 25.3 Å². The van der Waals surface area contributed by atoms with Crippen LogP contribution in [0, 0.1) is 5.92 Å². The van der Waals surface area contributed by atoms with Crippen molar-refractivity contribution in [2.45, 2.75) is 38.0 Å². The summed E-state index contributed by atoms with van der Waals surface area (Å²) in [6.45, 7) is 2.06. The zero-order valence-electron chi connectivity index (χ0n) is 13.5. The Hall–Kier alpha value is -1.37.